The number of hydrogen-bond donors (Lipinski definition) is 0. The number of likely N-dealkylation sites (N-methyl/N-ethyl adjacent to an activating group) is 1. The van der Waals surface area contributed by atoms with E-state index in [4.69, 9.17) is 33.3 Å². The second-order valence-electron chi connectivity index (χ2n) is 5.83. The monoisotopic (exact) mass is 497 g/mol. The van der Waals surface area contributed by atoms with Crippen molar-refractivity contribution in [3.05, 3.63) is 61.9 Å². The predicted octanol–water partition coefficient (Wildman–Crippen LogP) is 5.91. The maximum atomic E-state index is 12.4. The largest absolute Gasteiger partial charge is 0.493 e. The van der Waals surface area contributed by atoms with Crippen LogP contribution in [0.4, 0.5) is 0 Å². The van der Waals surface area contributed by atoms with Crippen LogP contribution in [0.25, 0.3) is 6.08 Å². The van der Waals surface area contributed by atoms with Crippen LogP contribution in [0.3, 0.4) is 0 Å². The molecule has 146 valence electrons. The quantitative estimate of drug-likeness (QED) is 0.366. The molecule has 28 heavy (non-hydrogen) atoms. The highest BCUT2D eigenvalue weighted by Gasteiger charge is 2.30. The Kier molecular flexibility index (Phi) is 7.04. The lowest BCUT2D eigenvalue weighted by atomic mass is 10.1. The van der Waals surface area contributed by atoms with Gasteiger partial charge < -0.3 is 9.47 Å². The van der Waals surface area contributed by atoms with Crippen LogP contribution in [0.15, 0.2) is 45.8 Å². The highest BCUT2D eigenvalue weighted by molar-refractivity contribution is 9.10. The molecule has 1 amide bonds. The van der Waals surface area contributed by atoms with Gasteiger partial charge in [-0.3, -0.25) is 9.69 Å². The molecule has 0 aromatic heterocycles. The lowest BCUT2D eigenvalue weighted by Crippen LogP contribution is -2.27. The van der Waals surface area contributed by atoms with Gasteiger partial charge in [-0.1, -0.05) is 69.7 Å². The van der Waals surface area contributed by atoms with Gasteiger partial charge in [0, 0.05) is 21.6 Å². The van der Waals surface area contributed by atoms with Gasteiger partial charge in [0.25, 0.3) is 5.91 Å². The summed E-state index contributed by atoms with van der Waals surface area (Å²) >= 11 is 16.3. The molecule has 3 rings (SSSR count). The summed E-state index contributed by atoms with van der Waals surface area (Å²) in [6.07, 6.45) is 1.80. The number of ether oxygens (including phenoxy) is 2. The molecule has 0 saturated carbocycles. The fourth-order valence-electron chi connectivity index (χ4n) is 2.62. The predicted molar refractivity (Wildman–Crippen MR) is 122 cm³/mol. The average molecular weight is 499 g/mol. The van der Waals surface area contributed by atoms with Crippen molar-refractivity contribution in [2.24, 2.45) is 0 Å². The Bertz CT molecular complexity index is 964. The Hall–Kier alpha value is -1.54. The minimum atomic E-state index is -0.0811. The van der Waals surface area contributed by atoms with Gasteiger partial charge in [0.15, 0.2) is 11.5 Å². The number of methoxy groups -OCH3 is 1. The van der Waals surface area contributed by atoms with Gasteiger partial charge in [-0.15, -0.1) is 0 Å². The molecule has 8 heteroatoms. The van der Waals surface area contributed by atoms with E-state index >= 15 is 0 Å². The minimum Gasteiger partial charge on any atom is -0.493 e. The van der Waals surface area contributed by atoms with Crippen LogP contribution in [0.2, 0.25) is 5.02 Å². The highest BCUT2D eigenvalue weighted by atomic mass is 79.9. The number of amides is 1. The lowest BCUT2D eigenvalue weighted by molar-refractivity contribution is -0.121. The van der Waals surface area contributed by atoms with Crippen LogP contribution in [-0.2, 0) is 11.4 Å². The summed E-state index contributed by atoms with van der Waals surface area (Å²) in [5, 5.41) is 0.648. The van der Waals surface area contributed by atoms with Gasteiger partial charge in [0.2, 0.25) is 0 Å². The summed E-state index contributed by atoms with van der Waals surface area (Å²) in [6.45, 7) is 2.77. The van der Waals surface area contributed by atoms with E-state index in [2.05, 4.69) is 15.9 Å². The van der Waals surface area contributed by atoms with Crippen molar-refractivity contribution in [1.29, 1.82) is 0 Å². The Morgan fingerprint density at radius 2 is 2.04 bits per heavy atom. The summed E-state index contributed by atoms with van der Waals surface area (Å²) in [5.41, 5.74) is 1.69. The Labute approximate surface area is 187 Å². The van der Waals surface area contributed by atoms with E-state index in [-0.39, 0.29) is 5.91 Å². The third-order valence-corrected chi connectivity index (χ3v) is 6.53. The maximum absolute atomic E-state index is 12.4. The fraction of sp³-hybridized carbons (Fsp3) is 0.200. The third-order valence-electron chi connectivity index (χ3n) is 4.10. The van der Waals surface area contributed by atoms with Crippen molar-refractivity contribution in [2.45, 2.75) is 13.5 Å². The number of thioether (sulfide) groups is 1. The molecule has 1 saturated heterocycles. The zero-order valence-corrected chi connectivity index (χ0v) is 19.2. The zero-order chi connectivity index (χ0) is 20.3. The van der Waals surface area contributed by atoms with Crippen molar-refractivity contribution in [3.63, 3.8) is 0 Å². The van der Waals surface area contributed by atoms with Gasteiger partial charge in [-0.05, 0) is 36.8 Å². The molecule has 4 nitrogen and oxygen atoms in total. The molecule has 1 fully saturated rings. The van der Waals surface area contributed by atoms with E-state index < -0.39 is 0 Å². The normalized spacial score (nSPS) is 15.4. The SMILES string of the molecule is CCN1C(=O)/C(=C/c2cc(OC)c(OCc3ccccc3Cl)cc2Br)SC1=S. The second-order valence-corrected chi connectivity index (χ2v) is 8.77. The molecule has 1 aliphatic heterocycles. The van der Waals surface area contributed by atoms with Gasteiger partial charge >= 0.3 is 0 Å². The molecule has 0 radical (unpaired) electrons. The lowest BCUT2D eigenvalue weighted by Gasteiger charge is -2.14. The number of nitrogens with zero attached hydrogens (tertiary/aromatic N) is 1. The standard InChI is InChI=1S/C20H17BrClNO3S2/c1-3-23-19(24)18(28-20(23)27)9-13-8-16(25-2)17(10-14(13)21)26-11-12-6-4-5-7-15(12)22/h4-10H,3,11H2,1-2H3/b18-9-. The number of rotatable bonds is 6. The molecule has 2 aromatic rings. The number of benzene rings is 2. The fourth-order valence-corrected chi connectivity index (χ4v) is 4.62. The van der Waals surface area contributed by atoms with Crippen LogP contribution >= 0.6 is 51.5 Å². The molecule has 2 aromatic carbocycles. The van der Waals surface area contributed by atoms with Gasteiger partial charge in [-0.2, -0.15) is 0 Å². The zero-order valence-electron chi connectivity index (χ0n) is 15.2. The molecule has 0 bridgehead atoms. The smallest absolute Gasteiger partial charge is 0.266 e. The molecular weight excluding hydrogens is 482 g/mol. The molecular formula is C20H17BrClNO3S2. The van der Waals surface area contributed by atoms with Crippen molar-refractivity contribution < 1.29 is 14.3 Å². The number of halogens is 2. The van der Waals surface area contributed by atoms with Crippen molar-refractivity contribution in [2.75, 3.05) is 13.7 Å². The second kappa shape index (κ2) is 9.31. The van der Waals surface area contributed by atoms with Crippen molar-refractivity contribution in [1.82, 2.24) is 4.90 Å². The number of carbonyl (C=O) groups is 1. The van der Waals surface area contributed by atoms with E-state index in [1.54, 1.807) is 18.1 Å². The third kappa shape index (κ3) is 4.54. The van der Waals surface area contributed by atoms with Gasteiger partial charge in [0.05, 0.1) is 12.0 Å². The van der Waals surface area contributed by atoms with E-state index in [0.717, 1.165) is 15.6 Å². The van der Waals surface area contributed by atoms with Crippen LogP contribution in [0.5, 0.6) is 11.5 Å². The first-order valence-electron chi connectivity index (χ1n) is 8.43. The van der Waals surface area contributed by atoms with Crippen molar-refractivity contribution in [3.8, 4) is 11.5 Å². The highest BCUT2D eigenvalue weighted by Crippen LogP contribution is 2.38. The van der Waals surface area contributed by atoms with E-state index in [1.807, 2.05) is 43.3 Å². The van der Waals surface area contributed by atoms with Gasteiger partial charge in [-0.25, -0.2) is 0 Å². The topological polar surface area (TPSA) is 38.8 Å². The summed E-state index contributed by atoms with van der Waals surface area (Å²) in [4.78, 5) is 14.6. The van der Waals surface area contributed by atoms with E-state index in [9.17, 15) is 4.79 Å². The summed E-state index contributed by atoms with van der Waals surface area (Å²) in [6, 6.07) is 11.2. The number of hydrogen-bond acceptors (Lipinski definition) is 5. The molecule has 0 atom stereocenters. The molecule has 0 N–H and O–H groups in total. The van der Waals surface area contributed by atoms with Crippen LogP contribution < -0.4 is 9.47 Å². The average Bonchev–Trinajstić information content (AvgIpc) is 2.95. The first kappa shape index (κ1) is 21.2. The Morgan fingerprint density at radius 1 is 1.29 bits per heavy atom. The molecule has 1 heterocycles. The molecule has 0 spiro atoms. The van der Waals surface area contributed by atoms with Crippen LogP contribution in [-0.4, -0.2) is 28.8 Å². The molecule has 0 unspecified atom stereocenters. The van der Waals surface area contributed by atoms with Crippen LogP contribution in [0, 0.1) is 0 Å². The van der Waals surface area contributed by atoms with E-state index in [1.165, 1.54) is 11.8 Å². The molecule has 1 aliphatic rings. The Balaban J connectivity index is 1.86. The number of thiocarbonyl (C=S) groups is 1. The minimum absolute atomic E-state index is 0.0811. The molecule has 0 aliphatic carbocycles. The van der Waals surface area contributed by atoms with Crippen LogP contribution in [0.1, 0.15) is 18.1 Å². The Morgan fingerprint density at radius 3 is 2.68 bits per heavy atom. The van der Waals surface area contributed by atoms with E-state index in [0.29, 0.717) is 38.9 Å². The summed E-state index contributed by atoms with van der Waals surface area (Å²) in [5.74, 6) is 1.06. The van der Waals surface area contributed by atoms with Crippen molar-refractivity contribution >= 4 is 67.8 Å². The maximum Gasteiger partial charge on any atom is 0.266 e. The number of carbonyl (C=O) groups excluding carboxylic acids is 1. The van der Waals surface area contributed by atoms with Gasteiger partial charge in [0.1, 0.15) is 10.9 Å². The summed E-state index contributed by atoms with van der Waals surface area (Å²) in [7, 11) is 1.58. The first-order chi connectivity index (χ1) is 13.4. The summed E-state index contributed by atoms with van der Waals surface area (Å²) < 4.78 is 12.7. The first-order valence-corrected chi connectivity index (χ1v) is 10.8.